The Morgan fingerprint density at radius 3 is 2.81 bits per heavy atom. The van der Waals surface area contributed by atoms with Gasteiger partial charge in [-0.2, -0.15) is 5.26 Å². The molecule has 0 atom stereocenters. The van der Waals surface area contributed by atoms with Crippen molar-refractivity contribution in [3.63, 3.8) is 0 Å². The second-order valence-corrected chi connectivity index (χ2v) is 3.75. The van der Waals surface area contributed by atoms with Crippen LogP contribution in [0.3, 0.4) is 0 Å². The zero-order valence-electron chi connectivity index (χ0n) is 9.71. The Morgan fingerprint density at radius 1 is 1.50 bits per heavy atom. The number of nitrogens with one attached hydrogen (secondary N) is 1. The minimum absolute atomic E-state index is 0.0598. The van der Waals surface area contributed by atoms with Crippen molar-refractivity contribution in [3.8, 4) is 6.07 Å². The van der Waals surface area contributed by atoms with Gasteiger partial charge in [0.15, 0.2) is 0 Å². The van der Waals surface area contributed by atoms with Gasteiger partial charge in [0.05, 0.1) is 11.6 Å². The van der Waals surface area contributed by atoms with Crippen molar-refractivity contribution in [2.45, 2.75) is 26.7 Å². The predicted molar refractivity (Wildman–Crippen MR) is 63.1 cm³/mol. The normalized spacial score (nSPS) is 9.56. The van der Waals surface area contributed by atoms with E-state index >= 15 is 0 Å². The van der Waals surface area contributed by atoms with Crippen LogP contribution in [0.15, 0.2) is 18.2 Å². The van der Waals surface area contributed by atoms with E-state index in [1.807, 2.05) is 6.92 Å². The maximum atomic E-state index is 11.7. The standard InChI is InChI=1S/C13H16N2O/c1-3-4-7-15-13(16)12-6-5-11(9-14)8-10(12)2/h5-6,8H,3-4,7H2,1-2H3,(H,15,16). The number of nitriles is 1. The summed E-state index contributed by atoms with van der Waals surface area (Å²) in [5.74, 6) is -0.0598. The third-order valence-corrected chi connectivity index (χ3v) is 2.42. The van der Waals surface area contributed by atoms with Gasteiger partial charge in [0, 0.05) is 12.1 Å². The highest BCUT2D eigenvalue weighted by Gasteiger charge is 2.08. The van der Waals surface area contributed by atoms with E-state index in [1.165, 1.54) is 0 Å². The molecule has 3 nitrogen and oxygen atoms in total. The van der Waals surface area contributed by atoms with E-state index in [2.05, 4.69) is 18.3 Å². The molecule has 0 aliphatic carbocycles. The van der Waals surface area contributed by atoms with Gasteiger partial charge in [-0.3, -0.25) is 4.79 Å². The van der Waals surface area contributed by atoms with Crippen LogP contribution in [0.4, 0.5) is 0 Å². The average molecular weight is 216 g/mol. The Labute approximate surface area is 96.1 Å². The number of nitrogens with zero attached hydrogens (tertiary/aromatic N) is 1. The van der Waals surface area contributed by atoms with Crippen molar-refractivity contribution in [1.29, 1.82) is 5.26 Å². The molecule has 1 rings (SSSR count). The number of benzene rings is 1. The molecule has 0 radical (unpaired) electrons. The van der Waals surface area contributed by atoms with Gasteiger partial charge in [-0.25, -0.2) is 0 Å². The van der Waals surface area contributed by atoms with E-state index in [4.69, 9.17) is 5.26 Å². The third-order valence-electron chi connectivity index (χ3n) is 2.42. The zero-order chi connectivity index (χ0) is 12.0. The van der Waals surface area contributed by atoms with Crippen LogP contribution in [-0.2, 0) is 0 Å². The summed E-state index contributed by atoms with van der Waals surface area (Å²) >= 11 is 0. The van der Waals surface area contributed by atoms with E-state index in [9.17, 15) is 4.79 Å². The van der Waals surface area contributed by atoms with E-state index in [0.717, 1.165) is 18.4 Å². The lowest BCUT2D eigenvalue weighted by Crippen LogP contribution is -2.25. The molecule has 1 aromatic carbocycles. The van der Waals surface area contributed by atoms with Crippen LogP contribution in [0.5, 0.6) is 0 Å². The van der Waals surface area contributed by atoms with Gasteiger partial charge in [-0.1, -0.05) is 13.3 Å². The van der Waals surface area contributed by atoms with Gasteiger partial charge < -0.3 is 5.32 Å². The molecule has 0 aliphatic rings. The van der Waals surface area contributed by atoms with E-state index in [-0.39, 0.29) is 5.91 Å². The van der Waals surface area contributed by atoms with Crippen molar-refractivity contribution >= 4 is 5.91 Å². The number of carbonyl (C=O) groups excluding carboxylic acids is 1. The molecule has 0 heterocycles. The molecular formula is C13H16N2O. The molecule has 0 bridgehead atoms. The molecule has 16 heavy (non-hydrogen) atoms. The average Bonchev–Trinajstić information content (AvgIpc) is 2.29. The number of unbranched alkanes of at least 4 members (excludes halogenated alkanes) is 1. The fourth-order valence-electron chi connectivity index (χ4n) is 1.46. The number of amides is 1. The van der Waals surface area contributed by atoms with Crippen molar-refractivity contribution in [2.24, 2.45) is 0 Å². The van der Waals surface area contributed by atoms with Crippen LogP contribution < -0.4 is 5.32 Å². The van der Waals surface area contributed by atoms with Crippen LogP contribution >= 0.6 is 0 Å². The Hall–Kier alpha value is -1.82. The zero-order valence-corrected chi connectivity index (χ0v) is 9.71. The molecule has 1 N–H and O–H groups in total. The SMILES string of the molecule is CCCCNC(=O)c1ccc(C#N)cc1C. The molecule has 84 valence electrons. The highest BCUT2D eigenvalue weighted by atomic mass is 16.1. The maximum absolute atomic E-state index is 11.7. The van der Waals surface area contributed by atoms with Crippen molar-refractivity contribution < 1.29 is 4.79 Å². The van der Waals surface area contributed by atoms with E-state index in [1.54, 1.807) is 18.2 Å². The highest BCUT2D eigenvalue weighted by molar-refractivity contribution is 5.95. The molecule has 0 aliphatic heterocycles. The second kappa shape index (κ2) is 5.92. The molecule has 0 unspecified atom stereocenters. The van der Waals surface area contributed by atoms with Crippen LogP contribution in [0.1, 0.15) is 41.3 Å². The largest absolute Gasteiger partial charge is 0.352 e. The van der Waals surface area contributed by atoms with Gasteiger partial charge in [0.25, 0.3) is 5.91 Å². The quantitative estimate of drug-likeness (QED) is 0.786. The fourth-order valence-corrected chi connectivity index (χ4v) is 1.46. The first-order valence-electron chi connectivity index (χ1n) is 5.48. The Kier molecular flexibility index (Phi) is 4.53. The molecule has 1 amide bonds. The Bertz CT molecular complexity index is 418. The predicted octanol–water partition coefficient (Wildman–Crippen LogP) is 2.40. The van der Waals surface area contributed by atoms with Gasteiger partial charge >= 0.3 is 0 Å². The lowest BCUT2D eigenvalue weighted by atomic mass is 10.1. The number of hydrogen-bond donors (Lipinski definition) is 1. The number of rotatable bonds is 4. The van der Waals surface area contributed by atoms with E-state index in [0.29, 0.717) is 17.7 Å². The first-order valence-corrected chi connectivity index (χ1v) is 5.48. The minimum Gasteiger partial charge on any atom is -0.352 e. The first kappa shape index (κ1) is 12.3. The summed E-state index contributed by atoms with van der Waals surface area (Å²) in [6.45, 7) is 4.63. The molecule has 1 aromatic rings. The smallest absolute Gasteiger partial charge is 0.251 e. The Balaban J connectivity index is 2.73. The molecule has 0 fully saturated rings. The van der Waals surface area contributed by atoms with Crippen molar-refractivity contribution in [2.75, 3.05) is 6.54 Å². The summed E-state index contributed by atoms with van der Waals surface area (Å²) < 4.78 is 0. The Morgan fingerprint density at radius 2 is 2.25 bits per heavy atom. The summed E-state index contributed by atoms with van der Waals surface area (Å²) in [5, 5.41) is 11.6. The molecule has 0 aromatic heterocycles. The fraction of sp³-hybridized carbons (Fsp3) is 0.385. The minimum atomic E-state index is -0.0598. The topological polar surface area (TPSA) is 52.9 Å². The summed E-state index contributed by atoms with van der Waals surface area (Å²) in [7, 11) is 0. The number of carbonyl (C=O) groups is 1. The van der Waals surface area contributed by atoms with Crippen LogP contribution in [0.2, 0.25) is 0 Å². The molecule has 3 heteroatoms. The summed E-state index contributed by atoms with van der Waals surface area (Å²) in [6.07, 6.45) is 2.05. The highest BCUT2D eigenvalue weighted by Crippen LogP contribution is 2.10. The van der Waals surface area contributed by atoms with Crippen molar-refractivity contribution in [1.82, 2.24) is 5.32 Å². The van der Waals surface area contributed by atoms with Crippen molar-refractivity contribution in [3.05, 3.63) is 34.9 Å². The van der Waals surface area contributed by atoms with E-state index < -0.39 is 0 Å². The summed E-state index contributed by atoms with van der Waals surface area (Å²) in [6, 6.07) is 7.16. The second-order valence-electron chi connectivity index (χ2n) is 3.75. The molecule has 0 saturated carbocycles. The molecule has 0 spiro atoms. The lowest BCUT2D eigenvalue weighted by molar-refractivity contribution is 0.0952. The summed E-state index contributed by atoms with van der Waals surface area (Å²) in [5.41, 5.74) is 2.07. The van der Waals surface area contributed by atoms with Gasteiger partial charge in [-0.05, 0) is 37.1 Å². The van der Waals surface area contributed by atoms with Crippen LogP contribution in [-0.4, -0.2) is 12.5 Å². The van der Waals surface area contributed by atoms with Gasteiger partial charge in [0.2, 0.25) is 0 Å². The number of hydrogen-bond acceptors (Lipinski definition) is 2. The van der Waals surface area contributed by atoms with Crippen LogP contribution in [0, 0.1) is 18.3 Å². The number of aryl methyl sites for hydroxylation is 1. The van der Waals surface area contributed by atoms with Gasteiger partial charge in [-0.15, -0.1) is 0 Å². The van der Waals surface area contributed by atoms with Gasteiger partial charge in [0.1, 0.15) is 0 Å². The summed E-state index contributed by atoms with van der Waals surface area (Å²) in [4.78, 5) is 11.7. The van der Waals surface area contributed by atoms with Crippen LogP contribution in [0.25, 0.3) is 0 Å². The monoisotopic (exact) mass is 216 g/mol. The third kappa shape index (κ3) is 3.09. The maximum Gasteiger partial charge on any atom is 0.251 e. The lowest BCUT2D eigenvalue weighted by Gasteiger charge is -2.07. The molecular weight excluding hydrogens is 200 g/mol. The molecule has 0 saturated heterocycles. The first-order chi connectivity index (χ1) is 7.69.